The third-order valence-corrected chi connectivity index (χ3v) is 4.78. The summed E-state index contributed by atoms with van der Waals surface area (Å²) in [4.78, 5) is 25.7. The Labute approximate surface area is 139 Å². The maximum atomic E-state index is 12.8. The van der Waals surface area contributed by atoms with E-state index in [0.29, 0.717) is 25.8 Å². The van der Waals surface area contributed by atoms with Crippen molar-refractivity contribution in [3.05, 3.63) is 34.3 Å². The molecule has 1 aromatic rings. The Bertz CT molecular complexity index is 546. The number of carbonyl (C=O) groups is 2. The van der Waals surface area contributed by atoms with Gasteiger partial charge >= 0.3 is 5.97 Å². The summed E-state index contributed by atoms with van der Waals surface area (Å²) in [5, 5.41) is 9.34. The molecule has 1 saturated heterocycles. The van der Waals surface area contributed by atoms with Gasteiger partial charge in [0, 0.05) is 16.9 Å². The molecule has 5 heteroatoms. The lowest BCUT2D eigenvalue weighted by Crippen LogP contribution is -2.50. The SMILES string of the molecule is CCC(Cc1cccc(Br)c1)C(=O)N1CCCCC1C(=O)O. The first kappa shape index (κ1) is 17.0. The Balaban J connectivity index is 2.12. The smallest absolute Gasteiger partial charge is 0.326 e. The van der Waals surface area contributed by atoms with Crippen molar-refractivity contribution in [1.82, 2.24) is 4.90 Å². The number of rotatable bonds is 5. The van der Waals surface area contributed by atoms with Gasteiger partial charge in [-0.25, -0.2) is 4.79 Å². The topological polar surface area (TPSA) is 57.6 Å². The lowest BCUT2D eigenvalue weighted by atomic mass is 9.93. The number of hydrogen-bond donors (Lipinski definition) is 1. The molecule has 0 radical (unpaired) electrons. The number of carbonyl (C=O) groups excluding carboxylic acids is 1. The molecule has 1 amide bonds. The highest BCUT2D eigenvalue weighted by atomic mass is 79.9. The van der Waals surface area contributed by atoms with Crippen molar-refractivity contribution < 1.29 is 14.7 Å². The molecule has 0 bridgehead atoms. The van der Waals surface area contributed by atoms with Crippen molar-refractivity contribution in [1.29, 1.82) is 0 Å². The van der Waals surface area contributed by atoms with Gasteiger partial charge in [-0.2, -0.15) is 0 Å². The molecule has 1 fully saturated rings. The molecule has 22 heavy (non-hydrogen) atoms. The van der Waals surface area contributed by atoms with E-state index in [-0.39, 0.29) is 11.8 Å². The number of halogens is 1. The third-order valence-electron chi connectivity index (χ3n) is 4.28. The van der Waals surface area contributed by atoms with Crippen LogP contribution < -0.4 is 0 Å². The molecule has 4 nitrogen and oxygen atoms in total. The standard InChI is InChI=1S/C17H22BrNO3/c1-2-13(10-12-6-5-7-14(18)11-12)16(20)19-9-4-3-8-15(19)17(21)22/h5-7,11,13,15H,2-4,8-10H2,1H3,(H,21,22). The van der Waals surface area contributed by atoms with Crippen LogP contribution in [0.25, 0.3) is 0 Å². The Morgan fingerprint density at radius 2 is 2.18 bits per heavy atom. The number of likely N-dealkylation sites (tertiary alicyclic amines) is 1. The monoisotopic (exact) mass is 367 g/mol. The Morgan fingerprint density at radius 1 is 1.41 bits per heavy atom. The van der Waals surface area contributed by atoms with Crippen molar-refractivity contribution in [2.75, 3.05) is 6.54 Å². The van der Waals surface area contributed by atoms with Crippen molar-refractivity contribution in [3.8, 4) is 0 Å². The minimum Gasteiger partial charge on any atom is -0.480 e. The number of amides is 1. The second kappa shape index (κ2) is 7.77. The quantitative estimate of drug-likeness (QED) is 0.866. The van der Waals surface area contributed by atoms with E-state index >= 15 is 0 Å². The van der Waals surface area contributed by atoms with Gasteiger partial charge in [0.25, 0.3) is 0 Å². The lowest BCUT2D eigenvalue weighted by molar-refractivity contribution is -0.154. The summed E-state index contributed by atoms with van der Waals surface area (Å²) < 4.78 is 0.994. The van der Waals surface area contributed by atoms with E-state index in [9.17, 15) is 14.7 Å². The van der Waals surface area contributed by atoms with E-state index in [2.05, 4.69) is 15.9 Å². The van der Waals surface area contributed by atoms with Gasteiger partial charge in [0.05, 0.1) is 0 Å². The normalized spacial score (nSPS) is 19.7. The first-order chi connectivity index (χ1) is 10.5. The van der Waals surface area contributed by atoms with Crippen LogP contribution in [0.2, 0.25) is 0 Å². The molecular formula is C17H22BrNO3. The maximum Gasteiger partial charge on any atom is 0.326 e. The van der Waals surface area contributed by atoms with Crippen LogP contribution >= 0.6 is 15.9 Å². The minimum atomic E-state index is -0.884. The summed E-state index contributed by atoms with van der Waals surface area (Å²) in [6.07, 6.45) is 3.70. The second-order valence-corrected chi connectivity index (χ2v) is 6.74. The van der Waals surface area contributed by atoms with Gasteiger partial charge < -0.3 is 10.0 Å². The highest BCUT2D eigenvalue weighted by molar-refractivity contribution is 9.10. The van der Waals surface area contributed by atoms with Crippen LogP contribution in [-0.4, -0.2) is 34.5 Å². The highest BCUT2D eigenvalue weighted by Gasteiger charge is 2.34. The highest BCUT2D eigenvalue weighted by Crippen LogP contribution is 2.23. The summed E-state index contributed by atoms with van der Waals surface area (Å²) in [6, 6.07) is 7.28. The fraction of sp³-hybridized carbons (Fsp3) is 0.529. The van der Waals surface area contributed by atoms with Gasteiger partial charge in [-0.05, 0) is 49.8 Å². The summed E-state index contributed by atoms with van der Waals surface area (Å²) in [6.45, 7) is 2.55. The van der Waals surface area contributed by atoms with Crippen LogP contribution in [0.3, 0.4) is 0 Å². The number of piperidine rings is 1. The summed E-state index contributed by atoms with van der Waals surface area (Å²) in [5.41, 5.74) is 1.10. The Kier molecular flexibility index (Phi) is 6.00. The number of carboxylic acid groups (broad SMARTS) is 1. The van der Waals surface area contributed by atoms with Gasteiger partial charge in [-0.15, -0.1) is 0 Å². The van der Waals surface area contributed by atoms with Crippen molar-refractivity contribution in [2.24, 2.45) is 5.92 Å². The molecule has 2 unspecified atom stereocenters. The molecule has 1 aliphatic heterocycles. The van der Waals surface area contributed by atoms with Gasteiger partial charge in [0.1, 0.15) is 6.04 Å². The summed E-state index contributed by atoms with van der Waals surface area (Å²) in [7, 11) is 0. The molecule has 1 heterocycles. The van der Waals surface area contributed by atoms with E-state index in [0.717, 1.165) is 22.9 Å². The molecule has 1 aromatic carbocycles. The van der Waals surface area contributed by atoms with Gasteiger partial charge in [0.2, 0.25) is 5.91 Å². The van der Waals surface area contributed by atoms with Crippen molar-refractivity contribution in [3.63, 3.8) is 0 Å². The van der Waals surface area contributed by atoms with Gasteiger partial charge in [-0.1, -0.05) is 35.0 Å². The summed E-state index contributed by atoms with van der Waals surface area (Å²) >= 11 is 3.44. The molecule has 0 spiro atoms. The fourth-order valence-electron chi connectivity index (χ4n) is 3.04. The predicted molar refractivity (Wildman–Crippen MR) is 88.6 cm³/mol. The number of nitrogens with zero attached hydrogens (tertiary/aromatic N) is 1. The van der Waals surface area contributed by atoms with E-state index < -0.39 is 12.0 Å². The Hall–Kier alpha value is -1.36. The zero-order chi connectivity index (χ0) is 16.1. The van der Waals surface area contributed by atoms with Crippen LogP contribution in [0.1, 0.15) is 38.2 Å². The van der Waals surface area contributed by atoms with E-state index in [1.54, 1.807) is 4.90 Å². The van der Waals surface area contributed by atoms with Crippen molar-refractivity contribution in [2.45, 2.75) is 45.1 Å². The lowest BCUT2D eigenvalue weighted by Gasteiger charge is -2.35. The minimum absolute atomic E-state index is 0.0189. The van der Waals surface area contributed by atoms with Crippen LogP contribution in [0.4, 0.5) is 0 Å². The maximum absolute atomic E-state index is 12.8. The fourth-order valence-corrected chi connectivity index (χ4v) is 3.49. The van der Waals surface area contributed by atoms with Gasteiger partial charge in [-0.3, -0.25) is 4.79 Å². The number of hydrogen-bond acceptors (Lipinski definition) is 2. The average molecular weight is 368 g/mol. The number of aliphatic carboxylic acids is 1. The van der Waals surface area contributed by atoms with E-state index in [1.165, 1.54) is 0 Å². The first-order valence-corrected chi connectivity index (χ1v) is 8.60. The molecule has 0 aromatic heterocycles. The first-order valence-electron chi connectivity index (χ1n) is 7.80. The molecule has 0 saturated carbocycles. The van der Waals surface area contributed by atoms with Crippen LogP contribution in [-0.2, 0) is 16.0 Å². The van der Waals surface area contributed by atoms with Crippen LogP contribution in [0.5, 0.6) is 0 Å². The number of benzene rings is 1. The predicted octanol–water partition coefficient (Wildman–Crippen LogP) is 3.48. The average Bonchev–Trinajstić information content (AvgIpc) is 2.52. The molecule has 1 aliphatic rings. The zero-order valence-corrected chi connectivity index (χ0v) is 14.4. The Morgan fingerprint density at radius 3 is 2.82 bits per heavy atom. The molecule has 2 atom stereocenters. The van der Waals surface area contributed by atoms with E-state index in [1.807, 2.05) is 31.2 Å². The van der Waals surface area contributed by atoms with Crippen LogP contribution in [0.15, 0.2) is 28.7 Å². The molecule has 1 N–H and O–H groups in total. The molecule has 120 valence electrons. The van der Waals surface area contributed by atoms with Crippen molar-refractivity contribution >= 4 is 27.8 Å². The third kappa shape index (κ3) is 4.09. The van der Waals surface area contributed by atoms with Crippen LogP contribution in [0, 0.1) is 5.92 Å². The molecule has 0 aliphatic carbocycles. The van der Waals surface area contributed by atoms with E-state index in [4.69, 9.17) is 0 Å². The summed E-state index contributed by atoms with van der Waals surface area (Å²) in [5.74, 6) is -1.06. The zero-order valence-electron chi connectivity index (χ0n) is 12.8. The largest absolute Gasteiger partial charge is 0.480 e. The van der Waals surface area contributed by atoms with Gasteiger partial charge in [0.15, 0.2) is 0 Å². The second-order valence-electron chi connectivity index (χ2n) is 5.82. The molecule has 2 rings (SSSR count). The number of carboxylic acids is 1. The molecular weight excluding hydrogens is 346 g/mol.